The molecule has 4 aromatic heterocycles. The Balaban J connectivity index is 0.859. The maximum atomic E-state index is 11.8. The summed E-state index contributed by atoms with van der Waals surface area (Å²) in [7, 11) is 1.92. The van der Waals surface area contributed by atoms with Crippen LogP contribution in [0.3, 0.4) is 0 Å². The molecule has 1 saturated heterocycles. The zero-order valence-corrected chi connectivity index (χ0v) is 33.3. The van der Waals surface area contributed by atoms with Gasteiger partial charge in [-0.25, -0.2) is 14.8 Å². The van der Waals surface area contributed by atoms with Gasteiger partial charge in [0, 0.05) is 19.4 Å². The standard InChI is InChI=1S/C39H52N10O9/c1-28(2)34(26-55-27-50)48(4)35-9-11-41-38(46-35)45-29(3)33-8-7-32(25-43-33)57-22-20-54-18-16-52-15-17-53-19-21-56-31-6-5-30(42-24-31)23-44-37-40-12-10-36(47-37)49-13-14-58-39(49)51/h5-12,24-25,27-29,34H,13-23,26H2,1-4H3,(H,40,44,47)(H,41,45,46). The molecule has 2 atom stereocenters. The Hall–Kier alpha value is -5.92. The number of likely N-dealkylation sites (N-methyl/N-ethyl adjacent to an activating group) is 1. The lowest BCUT2D eigenvalue weighted by Crippen LogP contribution is -2.40. The van der Waals surface area contributed by atoms with Crippen LogP contribution in [0.5, 0.6) is 11.5 Å². The van der Waals surface area contributed by atoms with Crippen molar-refractivity contribution in [3.05, 3.63) is 72.6 Å². The van der Waals surface area contributed by atoms with Gasteiger partial charge in [-0.15, -0.1) is 0 Å². The van der Waals surface area contributed by atoms with Gasteiger partial charge in [-0.3, -0.25) is 19.7 Å². The minimum absolute atomic E-state index is 0.0329. The number of aromatic nitrogens is 6. The van der Waals surface area contributed by atoms with Crippen molar-refractivity contribution in [2.24, 2.45) is 5.92 Å². The van der Waals surface area contributed by atoms with Crippen LogP contribution >= 0.6 is 0 Å². The van der Waals surface area contributed by atoms with Crippen LogP contribution in [-0.2, 0) is 35.0 Å². The fraction of sp³-hybridized carbons (Fsp3) is 0.487. The van der Waals surface area contributed by atoms with Gasteiger partial charge in [0.1, 0.15) is 49.6 Å². The van der Waals surface area contributed by atoms with Crippen LogP contribution < -0.4 is 29.9 Å². The molecule has 19 nitrogen and oxygen atoms in total. The molecular weight excluding hydrogens is 752 g/mol. The molecule has 0 aromatic carbocycles. The van der Waals surface area contributed by atoms with Crippen LogP contribution in [-0.4, -0.2) is 128 Å². The van der Waals surface area contributed by atoms with Crippen LogP contribution in [0.1, 0.15) is 38.2 Å². The fourth-order valence-corrected chi connectivity index (χ4v) is 5.61. The molecule has 0 bridgehead atoms. The summed E-state index contributed by atoms with van der Waals surface area (Å²) in [6, 6.07) is 10.7. The van der Waals surface area contributed by atoms with E-state index in [1.54, 1.807) is 30.9 Å². The lowest BCUT2D eigenvalue weighted by Gasteiger charge is -2.31. The summed E-state index contributed by atoms with van der Waals surface area (Å²) in [5.41, 5.74) is 1.58. The number of carbonyl (C=O) groups excluding carboxylic acids is 2. The number of cyclic esters (lactones) is 1. The van der Waals surface area contributed by atoms with Crippen LogP contribution in [0.4, 0.5) is 28.3 Å². The summed E-state index contributed by atoms with van der Waals surface area (Å²) in [6.45, 7) is 11.4. The van der Waals surface area contributed by atoms with E-state index >= 15 is 0 Å². The first-order chi connectivity index (χ1) is 28.3. The van der Waals surface area contributed by atoms with Gasteiger partial charge < -0.3 is 48.7 Å². The van der Waals surface area contributed by atoms with Crippen molar-refractivity contribution in [3.63, 3.8) is 0 Å². The van der Waals surface area contributed by atoms with Crippen molar-refractivity contribution in [3.8, 4) is 11.5 Å². The topological polar surface area (TPSA) is 207 Å². The second kappa shape index (κ2) is 23.3. The SMILES string of the molecule is CC(Nc1nccc(N(C)C(COC=O)C(C)C)n1)c1ccc(OCCOCCOCCOCCOc2ccc(CNc3nccc(N4CCOC4=O)n3)nc2)cn1. The van der Waals surface area contributed by atoms with E-state index in [1.165, 1.54) is 4.90 Å². The van der Waals surface area contributed by atoms with E-state index in [9.17, 15) is 9.59 Å². The highest BCUT2D eigenvalue weighted by atomic mass is 16.6. The smallest absolute Gasteiger partial charge is 0.415 e. The summed E-state index contributed by atoms with van der Waals surface area (Å²) in [4.78, 5) is 52.5. The predicted molar refractivity (Wildman–Crippen MR) is 213 cm³/mol. The molecular formula is C39H52N10O9. The van der Waals surface area contributed by atoms with Gasteiger partial charge in [0.2, 0.25) is 11.9 Å². The summed E-state index contributed by atoms with van der Waals surface area (Å²) < 4.78 is 38.3. The Morgan fingerprint density at radius 2 is 1.47 bits per heavy atom. The highest BCUT2D eigenvalue weighted by Gasteiger charge is 2.25. The molecule has 312 valence electrons. The van der Waals surface area contributed by atoms with E-state index in [1.807, 2.05) is 49.2 Å². The number of pyridine rings is 2. The minimum atomic E-state index is -0.415. The van der Waals surface area contributed by atoms with Gasteiger partial charge >= 0.3 is 6.09 Å². The first-order valence-electron chi connectivity index (χ1n) is 19.1. The van der Waals surface area contributed by atoms with Gasteiger partial charge in [-0.05, 0) is 49.2 Å². The maximum Gasteiger partial charge on any atom is 0.415 e. The number of hydrogen-bond acceptors (Lipinski definition) is 18. The van der Waals surface area contributed by atoms with Crippen molar-refractivity contribution in [1.82, 2.24) is 29.9 Å². The Labute approximate surface area is 337 Å². The normalized spacial score (nSPS) is 13.5. The molecule has 2 N–H and O–H groups in total. The van der Waals surface area contributed by atoms with Gasteiger partial charge in [0.05, 0.1) is 88.6 Å². The first-order valence-corrected chi connectivity index (χ1v) is 19.1. The summed E-state index contributed by atoms with van der Waals surface area (Å²) in [5.74, 6) is 3.55. The van der Waals surface area contributed by atoms with Crippen molar-refractivity contribution < 1.29 is 42.7 Å². The zero-order valence-electron chi connectivity index (χ0n) is 33.3. The zero-order chi connectivity index (χ0) is 41.0. The van der Waals surface area contributed by atoms with E-state index in [-0.39, 0.29) is 24.6 Å². The van der Waals surface area contributed by atoms with Crippen molar-refractivity contribution in [1.29, 1.82) is 0 Å². The third kappa shape index (κ3) is 13.9. The van der Waals surface area contributed by atoms with Crippen LogP contribution in [0.2, 0.25) is 0 Å². The summed E-state index contributed by atoms with van der Waals surface area (Å²) in [6.07, 6.45) is 6.18. The monoisotopic (exact) mass is 804 g/mol. The Kier molecular flexibility index (Phi) is 17.4. The second-order valence-corrected chi connectivity index (χ2v) is 13.3. The van der Waals surface area contributed by atoms with Crippen molar-refractivity contribution in [2.45, 2.75) is 39.4 Å². The van der Waals surface area contributed by atoms with Crippen LogP contribution in [0, 0.1) is 5.92 Å². The highest BCUT2D eigenvalue weighted by molar-refractivity contribution is 5.88. The molecule has 1 aliphatic heterocycles. The molecule has 1 fully saturated rings. The third-order valence-electron chi connectivity index (χ3n) is 8.79. The average Bonchev–Trinajstić information content (AvgIpc) is 3.68. The van der Waals surface area contributed by atoms with Gasteiger partial charge in [0.15, 0.2) is 0 Å². The lowest BCUT2D eigenvalue weighted by molar-refractivity contribution is -0.129. The Morgan fingerprint density at radius 1 is 0.810 bits per heavy atom. The van der Waals surface area contributed by atoms with Crippen LogP contribution in [0.15, 0.2) is 61.2 Å². The molecule has 1 aliphatic rings. The molecule has 2 unspecified atom stereocenters. The van der Waals surface area contributed by atoms with Crippen molar-refractivity contribution >= 4 is 36.1 Å². The van der Waals surface area contributed by atoms with E-state index in [0.29, 0.717) is 114 Å². The Bertz CT molecular complexity index is 1820. The molecule has 5 heterocycles. The molecule has 0 radical (unpaired) electrons. The third-order valence-corrected chi connectivity index (χ3v) is 8.79. The van der Waals surface area contributed by atoms with Gasteiger partial charge in [-0.1, -0.05) is 13.8 Å². The van der Waals surface area contributed by atoms with E-state index in [4.69, 9.17) is 33.2 Å². The predicted octanol–water partition coefficient (Wildman–Crippen LogP) is 3.94. The maximum absolute atomic E-state index is 11.8. The largest absolute Gasteiger partial charge is 0.490 e. The quantitative estimate of drug-likeness (QED) is 0.0647. The Morgan fingerprint density at radius 3 is 2.07 bits per heavy atom. The van der Waals surface area contributed by atoms with E-state index < -0.39 is 6.09 Å². The number of amides is 1. The molecule has 4 aromatic rings. The molecule has 0 saturated carbocycles. The van der Waals surface area contributed by atoms with Crippen LogP contribution in [0.25, 0.3) is 0 Å². The van der Waals surface area contributed by atoms with Gasteiger partial charge in [0.25, 0.3) is 6.47 Å². The molecule has 5 rings (SSSR count). The number of anilines is 4. The van der Waals surface area contributed by atoms with E-state index in [0.717, 1.165) is 11.4 Å². The number of ether oxygens (including phenoxy) is 7. The molecule has 19 heteroatoms. The first kappa shape index (κ1) is 43.2. The molecule has 1 amide bonds. The summed E-state index contributed by atoms with van der Waals surface area (Å²) in [5, 5.41) is 6.41. The number of nitrogens with zero attached hydrogens (tertiary/aromatic N) is 8. The number of hydrogen-bond donors (Lipinski definition) is 2. The number of rotatable bonds is 27. The minimum Gasteiger partial charge on any atom is -0.490 e. The molecule has 0 aliphatic carbocycles. The highest BCUT2D eigenvalue weighted by Crippen LogP contribution is 2.22. The fourth-order valence-electron chi connectivity index (χ4n) is 5.61. The number of carbonyl (C=O) groups is 2. The van der Waals surface area contributed by atoms with E-state index in [2.05, 4.69) is 54.4 Å². The van der Waals surface area contributed by atoms with Gasteiger partial charge in [-0.2, -0.15) is 9.97 Å². The lowest BCUT2D eigenvalue weighted by atomic mass is 10.0. The number of nitrogens with one attached hydrogen (secondary N) is 2. The second-order valence-electron chi connectivity index (χ2n) is 13.3. The van der Waals surface area contributed by atoms with Crippen molar-refractivity contribution in [2.75, 3.05) is 100 Å². The molecule has 0 spiro atoms. The molecule has 58 heavy (non-hydrogen) atoms. The average molecular weight is 805 g/mol. The summed E-state index contributed by atoms with van der Waals surface area (Å²) >= 11 is 0.